The number of carbonyl (C=O) groups is 2. The summed E-state index contributed by atoms with van der Waals surface area (Å²) in [4.78, 5) is 22.3. The molecule has 1 aromatic carbocycles. The van der Waals surface area contributed by atoms with Crippen LogP contribution in [0, 0.1) is 0 Å². The molecule has 0 aliphatic carbocycles. The molecule has 1 rings (SSSR count). The minimum absolute atomic E-state index is 0.203. The van der Waals surface area contributed by atoms with Gasteiger partial charge in [0.1, 0.15) is 0 Å². The molecule has 0 saturated heterocycles. The topological polar surface area (TPSA) is 34.1 Å². The number of ketones is 2. The molecule has 0 amide bonds. The molecule has 3 heteroatoms. The van der Waals surface area contributed by atoms with E-state index >= 15 is 0 Å². The molecule has 0 heterocycles. The number of allylic oxidation sites excluding steroid dienone is 1. The normalized spacial score (nSPS) is 9.53. The Balaban J connectivity index is 3.08. The third-order valence-electron chi connectivity index (χ3n) is 1.94. The minimum atomic E-state index is -0.203. The van der Waals surface area contributed by atoms with E-state index in [0.29, 0.717) is 0 Å². The van der Waals surface area contributed by atoms with Crippen LogP contribution in [0.25, 0.3) is 6.08 Å². The van der Waals surface area contributed by atoms with Crippen LogP contribution in [0.1, 0.15) is 19.4 Å². The monoisotopic (exact) mass is 266 g/mol. The lowest BCUT2D eigenvalue weighted by Gasteiger charge is -1.99. The number of hydrogen-bond donors (Lipinski definition) is 0. The van der Waals surface area contributed by atoms with Gasteiger partial charge in [-0.3, -0.25) is 9.59 Å². The summed E-state index contributed by atoms with van der Waals surface area (Å²) < 4.78 is 0.965. The molecule has 0 saturated carbocycles. The Hall–Kier alpha value is -1.22. The zero-order valence-corrected chi connectivity index (χ0v) is 10.2. The van der Waals surface area contributed by atoms with Crippen molar-refractivity contribution in [1.29, 1.82) is 0 Å². The fraction of sp³-hybridized carbons (Fsp3) is 0.167. The van der Waals surface area contributed by atoms with Gasteiger partial charge in [0.15, 0.2) is 11.6 Å². The summed E-state index contributed by atoms with van der Waals surface area (Å²) in [7, 11) is 0. The molecule has 0 bridgehead atoms. The SMILES string of the molecule is CC(=O)C(=Cc1ccc(Br)cc1)C(C)=O. The van der Waals surface area contributed by atoms with Crippen molar-refractivity contribution in [1.82, 2.24) is 0 Å². The van der Waals surface area contributed by atoms with Gasteiger partial charge in [0.2, 0.25) is 0 Å². The van der Waals surface area contributed by atoms with Gasteiger partial charge >= 0.3 is 0 Å². The molecule has 0 unspecified atom stereocenters. The zero-order chi connectivity index (χ0) is 11.4. The summed E-state index contributed by atoms with van der Waals surface area (Å²) in [6.07, 6.45) is 1.61. The Morgan fingerprint density at radius 1 is 1.07 bits per heavy atom. The fourth-order valence-corrected chi connectivity index (χ4v) is 1.44. The molecule has 78 valence electrons. The molecule has 0 atom stereocenters. The van der Waals surface area contributed by atoms with Crippen molar-refractivity contribution in [3.05, 3.63) is 39.9 Å². The summed E-state index contributed by atoms with van der Waals surface area (Å²) in [5.74, 6) is -0.407. The summed E-state index contributed by atoms with van der Waals surface area (Å²) >= 11 is 3.31. The third-order valence-corrected chi connectivity index (χ3v) is 2.47. The highest BCUT2D eigenvalue weighted by atomic mass is 79.9. The minimum Gasteiger partial charge on any atom is -0.294 e. The Morgan fingerprint density at radius 3 is 1.93 bits per heavy atom. The van der Waals surface area contributed by atoms with E-state index in [9.17, 15) is 9.59 Å². The summed E-state index contributed by atoms with van der Waals surface area (Å²) in [6, 6.07) is 7.42. The van der Waals surface area contributed by atoms with Crippen LogP contribution in [-0.4, -0.2) is 11.6 Å². The zero-order valence-electron chi connectivity index (χ0n) is 8.58. The highest BCUT2D eigenvalue weighted by Crippen LogP contribution is 2.13. The second-order valence-corrected chi connectivity index (χ2v) is 4.14. The number of rotatable bonds is 3. The van der Waals surface area contributed by atoms with Crippen molar-refractivity contribution in [2.75, 3.05) is 0 Å². The molecule has 0 aliphatic heterocycles. The van der Waals surface area contributed by atoms with Crippen molar-refractivity contribution in [2.24, 2.45) is 0 Å². The second-order valence-electron chi connectivity index (χ2n) is 3.22. The summed E-state index contributed by atoms with van der Waals surface area (Å²) in [5, 5.41) is 0. The van der Waals surface area contributed by atoms with E-state index in [1.165, 1.54) is 13.8 Å². The third kappa shape index (κ3) is 3.44. The van der Waals surface area contributed by atoms with E-state index in [0.717, 1.165) is 10.0 Å². The van der Waals surface area contributed by atoms with Gasteiger partial charge in [-0.05, 0) is 37.6 Å². The van der Waals surface area contributed by atoms with Gasteiger partial charge < -0.3 is 0 Å². The van der Waals surface area contributed by atoms with Crippen LogP contribution in [0.2, 0.25) is 0 Å². The van der Waals surface area contributed by atoms with Gasteiger partial charge in [-0.15, -0.1) is 0 Å². The lowest BCUT2D eigenvalue weighted by molar-refractivity contribution is -0.119. The quantitative estimate of drug-likeness (QED) is 0.479. The first-order valence-corrected chi connectivity index (χ1v) is 5.29. The number of carbonyl (C=O) groups excluding carboxylic acids is 2. The average molecular weight is 267 g/mol. The van der Waals surface area contributed by atoms with Gasteiger partial charge in [-0.1, -0.05) is 28.1 Å². The molecule has 2 nitrogen and oxygen atoms in total. The number of halogens is 1. The van der Waals surface area contributed by atoms with Crippen molar-refractivity contribution in [3.8, 4) is 0 Å². The van der Waals surface area contributed by atoms with Gasteiger partial charge in [-0.2, -0.15) is 0 Å². The molecule has 1 aromatic rings. The fourth-order valence-electron chi connectivity index (χ4n) is 1.18. The van der Waals surface area contributed by atoms with Crippen molar-refractivity contribution < 1.29 is 9.59 Å². The summed E-state index contributed by atoms with van der Waals surface area (Å²) in [5.41, 5.74) is 1.08. The lowest BCUT2D eigenvalue weighted by Crippen LogP contribution is -2.05. The van der Waals surface area contributed by atoms with E-state index in [2.05, 4.69) is 15.9 Å². The Morgan fingerprint density at radius 2 is 1.53 bits per heavy atom. The first kappa shape index (κ1) is 11.9. The molecular formula is C12H11BrO2. The van der Waals surface area contributed by atoms with Gasteiger partial charge in [0, 0.05) is 4.47 Å². The van der Waals surface area contributed by atoms with Crippen LogP contribution >= 0.6 is 15.9 Å². The van der Waals surface area contributed by atoms with E-state index < -0.39 is 0 Å². The first-order valence-electron chi connectivity index (χ1n) is 4.50. The van der Waals surface area contributed by atoms with Crippen LogP contribution in [0.15, 0.2) is 34.3 Å². The maximum Gasteiger partial charge on any atom is 0.163 e. The molecule has 0 N–H and O–H groups in total. The van der Waals surface area contributed by atoms with Gasteiger partial charge in [-0.25, -0.2) is 0 Å². The van der Waals surface area contributed by atoms with E-state index in [1.54, 1.807) is 6.08 Å². The number of benzene rings is 1. The molecule has 0 spiro atoms. The molecule has 15 heavy (non-hydrogen) atoms. The molecule has 0 fully saturated rings. The first-order chi connectivity index (χ1) is 7.00. The molecule has 0 aromatic heterocycles. The van der Waals surface area contributed by atoms with Gasteiger partial charge in [0.25, 0.3) is 0 Å². The highest BCUT2D eigenvalue weighted by Gasteiger charge is 2.08. The van der Waals surface area contributed by atoms with Crippen LogP contribution in [-0.2, 0) is 9.59 Å². The lowest BCUT2D eigenvalue weighted by atomic mass is 10.0. The van der Waals surface area contributed by atoms with E-state index in [4.69, 9.17) is 0 Å². The van der Waals surface area contributed by atoms with E-state index in [-0.39, 0.29) is 17.1 Å². The molecular weight excluding hydrogens is 256 g/mol. The maximum absolute atomic E-state index is 11.2. The number of Topliss-reactive ketones (excluding diaryl/α,β-unsaturated/α-hetero) is 2. The van der Waals surface area contributed by atoms with Crippen LogP contribution in [0.4, 0.5) is 0 Å². The summed E-state index contributed by atoms with van der Waals surface area (Å²) in [6.45, 7) is 2.79. The second kappa shape index (κ2) is 5.03. The average Bonchev–Trinajstić information content (AvgIpc) is 2.15. The standard InChI is InChI=1S/C12H11BrO2/c1-8(14)12(9(2)15)7-10-3-5-11(13)6-4-10/h3-7H,1-2H3. The van der Waals surface area contributed by atoms with Crippen LogP contribution in [0.3, 0.4) is 0 Å². The largest absolute Gasteiger partial charge is 0.294 e. The smallest absolute Gasteiger partial charge is 0.163 e. The maximum atomic E-state index is 11.2. The van der Waals surface area contributed by atoms with Crippen LogP contribution < -0.4 is 0 Å². The molecule has 0 aliphatic rings. The van der Waals surface area contributed by atoms with Crippen LogP contribution in [0.5, 0.6) is 0 Å². The predicted molar refractivity (Wildman–Crippen MR) is 63.5 cm³/mol. The van der Waals surface area contributed by atoms with Gasteiger partial charge in [0.05, 0.1) is 5.57 Å². The predicted octanol–water partition coefficient (Wildman–Crippen LogP) is 3.01. The van der Waals surface area contributed by atoms with Crippen molar-refractivity contribution >= 4 is 33.6 Å². The Labute approximate surface area is 97.1 Å². The van der Waals surface area contributed by atoms with E-state index in [1.807, 2.05) is 24.3 Å². The van der Waals surface area contributed by atoms with Crippen molar-refractivity contribution in [3.63, 3.8) is 0 Å². The Bertz CT molecular complexity index is 400. The Kier molecular flexibility index (Phi) is 3.97. The highest BCUT2D eigenvalue weighted by molar-refractivity contribution is 9.10. The number of hydrogen-bond acceptors (Lipinski definition) is 2. The molecule has 0 radical (unpaired) electrons. The van der Waals surface area contributed by atoms with Crippen molar-refractivity contribution in [2.45, 2.75) is 13.8 Å².